The van der Waals surface area contributed by atoms with Gasteiger partial charge in [0.1, 0.15) is 17.1 Å². The molecule has 0 radical (unpaired) electrons. The van der Waals surface area contributed by atoms with Crippen molar-refractivity contribution < 1.29 is 9.29 Å². The second kappa shape index (κ2) is 11.6. The molecular weight excluding hydrogens is 444 g/mol. The van der Waals surface area contributed by atoms with Crippen LogP contribution in [0.5, 0.6) is 5.75 Å². The molecule has 0 bridgehead atoms. The number of hydrogen-bond donors (Lipinski definition) is 2. The van der Waals surface area contributed by atoms with Crippen LogP contribution in [0.3, 0.4) is 0 Å². The van der Waals surface area contributed by atoms with Crippen LogP contribution >= 0.6 is 12.0 Å². The standard InChI is InChI=1S/C27H28N4O2S/c1-2-3-4-9-16-33-25-13-8-7-12-22(25)23-15-14-19(18-29-23)30-31-24-17-26(34-32)20-10-5-6-11-21(20)27(24)28/h5-8,10-15,17-18,32H,2-4,9,16,28H2,1H3. The Bertz CT molecular complexity index is 1280. The summed E-state index contributed by atoms with van der Waals surface area (Å²) in [7, 11) is 0. The molecule has 0 saturated heterocycles. The molecule has 3 N–H and O–H groups in total. The van der Waals surface area contributed by atoms with Gasteiger partial charge in [-0.25, -0.2) is 0 Å². The zero-order chi connectivity index (χ0) is 23.8. The predicted octanol–water partition coefficient (Wildman–Crippen LogP) is 8.42. The van der Waals surface area contributed by atoms with Gasteiger partial charge in [-0.05, 0) is 42.1 Å². The normalized spacial score (nSPS) is 11.4. The number of hydrogen-bond acceptors (Lipinski definition) is 7. The quantitative estimate of drug-likeness (QED) is 0.105. The van der Waals surface area contributed by atoms with Gasteiger partial charge in [0, 0.05) is 27.9 Å². The van der Waals surface area contributed by atoms with Crippen LogP contribution in [0.4, 0.5) is 17.1 Å². The fourth-order valence-electron chi connectivity index (χ4n) is 3.74. The topological polar surface area (TPSA) is 93.1 Å². The third-order valence-corrected chi connectivity index (χ3v) is 6.10. The molecule has 4 rings (SSSR count). The molecule has 34 heavy (non-hydrogen) atoms. The molecule has 1 aromatic heterocycles. The molecule has 6 nitrogen and oxygen atoms in total. The Kier molecular flexibility index (Phi) is 8.12. The third-order valence-electron chi connectivity index (χ3n) is 5.56. The molecule has 0 spiro atoms. The molecule has 0 aliphatic rings. The van der Waals surface area contributed by atoms with Gasteiger partial charge >= 0.3 is 0 Å². The highest BCUT2D eigenvalue weighted by Gasteiger charge is 2.10. The number of aromatic nitrogens is 1. The number of fused-ring (bicyclic) bond motifs is 1. The number of ether oxygens (including phenoxy) is 1. The number of rotatable bonds is 10. The maximum atomic E-state index is 9.67. The largest absolute Gasteiger partial charge is 0.493 e. The first-order chi connectivity index (χ1) is 16.7. The van der Waals surface area contributed by atoms with Gasteiger partial charge in [-0.15, -0.1) is 10.2 Å². The van der Waals surface area contributed by atoms with Gasteiger partial charge in [0.2, 0.25) is 0 Å². The summed E-state index contributed by atoms with van der Waals surface area (Å²) >= 11 is 0.671. The second-order valence-electron chi connectivity index (χ2n) is 7.95. The SMILES string of the molecule is CCCCCCOc1ccccc1-c1ccc(N=Nc2cc(SO)c3ccccc3c2N)cn1. The lowest BCUT2D eigenvalue weighted by molar-refractivity contribution is 0.306. The smallest absolute Gasteiger partial charge is 0.128 e. The Hall–Kier alpha value is -3.42. The van der Waals surface area contributed by atoms with E-state index in [4.69, 9.17) is 10.5 Å². The zero-order valence-electron chi connectivity index (χ0n) is 19.1. The Balaban J connectivity index is 1.52. The van der Waals surface area contributed by atoms with E-state index in [1.165, 1.54) is 19.3 Å². The minimum absolute atomic E-state index is 0.501. The highest BCUT2D eigenvalue weighted by atomic mass is 32.2. The van der Waals surface area contributed by atoms with Crippen LogP contribution in [-0.4, -0.2) is 16.1 Å². The minimum Gasteiger partial charge on any atom is -0.493 e. The number of pyridine rings is 1. The van der Waals surface area contributed by atoms with Crippen molar-refractivity contribution in [1.82, 2.24) is 4.98 Å². The lowest BCUT2D eigenvalue weighted by Crippen LogP contribution is -1.99. The van der Waals surface area contributed by atoms with E-state index < -0.39 is 0 Å². The molecule has 1 heterocycles. The predicted molar refractivity (Wildman–Crippen MR) is 140 cm³/mol. The number of benzene rings is 3. The van der Waals surface area contributed by atoms with Gasteiger partial charge in [-0.2, -0.15) is 0 Å². The number of unbranched alkanes of at least 4 members (excludes halogenated alkanes) is 3. The van der Waals surface area contributed by atoms with E-state index in [0.717, 1.165) is 34.2 Å². The summed E-state index contributed by atoms with van der Waals surface area (Å²) in [5.41, 5.74) is 9.70. The van der Waals surface area contributed by atoms with Crippen molar-refractivity contribution in [2.24, 2.45) is 10.2 Å². The van der Waals surface area contributed by atoms with Crippen molar-refractivity contribution in [2.75, 3.05) is 12.3 Å². The van der Waals surface area contributed by atoms with Crippen LogP contribution in [0.25, 0.3) is 22.0 Å². The summed E-state index contributed by atoms with van der Waals surface area (Å²) in [4.78, 5) is 5.26. The lowest BCUT2D eigenvalue weighted by atomic mass is 10.1. The molecule has 0 aliphatic heterocycles. The Morgan fingerprint density at radius 1 is 0.941 bits per heavy atom. The Labute approximate surface area is 204 Å². The minimum atomic E-state index is 0.501. The van der Waals surface area contributed by atoms with Crippen molar-refractivity contribution in [3.8, 4) is 17.0 Å². The molecule has 4 aromatic rings. The average Bonchev–Trinajstić information content (AvgIpc) is 2.89. The maximum absolute atomic E-state index is 9.67. The van der Waals surface area contributed by atoms with Crippen LogP contribution in [0, 0.1) is 0 Å². The molecule has 0 saturated carbocycles. The summed E-state index contributed by atoms with van der Waals surface area (Å²) in [6, 6.07) is 21.1. The summed E-state index contributed by atoms with van der Waals surface area (Å²) < 4.78 is 15.7. The van der Waals surface area contributed by atoms with Crippen molar-refractivity contribution in [3.63, 3.8) is 0 Å². The first kappa shape index (κ1) is 23.7. The van der Waals surface area contributed by atoms with Gasteiger partial charge in [0.15, 0.2) is 0 Å². The van der Waals surface area contributed by atoms with Gasteiger partial charge in [-0.3, -0.25) is 4.98 Å². The van der Waals surface area contributed by atoms with Gasteiger partial charge in [-0.1, -0.05) is 62.6 Å². The van der Waals surface area contributed by atoms with Gasteiger partial charge < -0.3 is 15.0 Å². The Morgan fingerprint density at radius 3 is 2.50 bits per heavy atom. The van der Waals surface area contributed by atoms with Crippen molar-refractivity contribution in [3.05, 3.63) is 72.9 Å². The van der Waals surface area contributed by atoms with E-state index in [2.05, 4.69) is 22.1 Å². The monoisotopic (exact) mass is 472 g/mol. The molecule has 0 fully saturated rings. The number of para-hydroxylation sites is 1. The molecule has 0 aliphatic carbocycles. The summed E-state index contributed by atoms with van der Waals surface area (Å²) in [5, 5.41) is 10.4. The summed E-state index contributed by atoms with van der Waals surface area (Å²) in [5.74, 6) is 0.832. The van der Waals surface area contributed by atoms with Crippen LogP contribution in [0.15, 0.2) is 88.1 Å². The summed E-state index contributed by atoms with van der Waals surface area (Å²) in [6.45, 7) is 2.90. The fourth-order valence-corrected chi connectivity index (χ4v) is 4.18. The number of nitrogens with two attached hydrogens (primary N) is 1. The molecule has 3 aromatic carbocycles. The number of azo groups is 1. The van der Waals surface area contributed by atoms with Crippen molar-refractivity contribution in [1.29, 1.82) is 0 Å². The van der Waals surface area contributed by atoms with Crippen molar-refractivity contribution in [2.45, 2.75) is 37.5 Å². The first-order valence-corrected chi connectivity index (χ1v) is 12.2. The number of anilines is 1. The van der Waals surface area contributed by atoms with E-state index in [9.17, 15) is 4.55 Å². The van der Waals surface area contributed by atoms with Gasteiger partial charge in [0.25, 0.3) is 0 Å². The fraction of sp³-hybridized carbons (Fsp3) is 0.222. The first-order valence-electron chi connectivity index (χ1n) is 11.4. The molecule has 0 unspecified atom stereocenters. The Morgan fingerprint density at radius 2 is 1.74 bits per heavy atom. The van der Waals surface area contributed by atoms with Crippen LogP contribution < -0.4 is 10.5 Å². The van der Waals surface area contributed by atoms with E-state index in [0.29, 0.717) is 40.6 Å². The lowest BCUT2D eigenvalue weighted by Gasteiger charge is -2.11. The molecule has 7 heteroatoms. The third kappa shape index (κ3) is 5.55. The molecule has 0 amide bonds. The number of nitrogens with zero attached hydrogens (tertiary/aromatic N) is 3. The maximum Gasteiger partial charge on any atom is 0.128 e. The van der Waals surface area contributed by atoms with Crippen LogP contribution in [0.1, 0.15) is 32.6 Å². The van der Waals surface area contributed by atoms with Gasteiger partial charge in [0.05, 0.1) is 24.2 Å². The highest BCUT2D eigenvalue weighted by molar-refractivity contribution is 7.94. The second-order valence-corrected chi connectivity index (χ2v) is 8.57. The zero-order valence-corrected chi connectivity index (χ0v) is 20.0. The van der Waals surface area contributed by atoms with E-state index >= 15 is 0 Å². The molecular formula is C27H28N4O2S. The van der Waals surface area contributed by atoms with E-state index in [-0.39, 0.29) is 0 Å². The molecule has 174 valence electrons. The number of nitrogen functional groups attached to an aromatic ring is 1. The summed E-state index contributed by atoms with van der Waals surface area (Å²) in [6.07, 6.45) is 6.34. The average molecular weight is 473 g/mol. The highest BCUT2D eigenvalue weighted by Crippen LogP contribution is 2.38. The van der Waals surface area contributed by atoms with Crippen LogP contribution in [-0.2, 0) is 0 Å². The van der Waals surface area contributed by atoms with E-state index in [1.807, 2.05) is 60.7 Å². The van der Waals surface area contributed by atoms with E-state index in [1.54, 1.807) is 12.3 Å². The van der Waals surface area contributed by atoms with Crippen LogP contribution in [0.2, 0.25) is 0 Å². The molecule has 0 atom stereocenters. The van der Waals surface area contributed by atoms with Crippen molar-refractivity contribution >= 4 is 39.9 Å².